The summed E-state index contributed by atoms with van der Waals surface area (Å²) in [6.07, 6.45) is 2.00. The Morgan fingerprint density at radius 3 is 2.50 bits per heavy atom. The SMILES string of the molecule is COCC(NCc1cn(C(C)(C)C)nn1)C(C)C. The van der Waals surface area contributed by atoms with Crippen LogP contribution in [0.25, 0.3) is 0 Å². The van der Waals surface area contributed by atoms with Crippen LogP contribution in [0.3, 0.4) is 0 Å². The van der Waals surface area contributed by atoms with Crippen LogP contribution < -0.4 is 5.32 Å². The van der Waals surface area contributed by atoms with Gasteiger partial charge in [0, 0.05) is 19.7 Å². The van der Waals surface area contributed by atoms with Gasteiger partial charge in [0.05, 0.1) is 24.0 Å². The highest BCUT2D eigenvalue weighted by Gasteiger charge is 2.16. The third-order valence-corrected chi connectivity index (χ3v) is 2.92. The van der Waals surface area contributed by atoms with Crippen molar-refractivity contribution in [2.45, 2.75) is 52.7 Å². The van der Waals surface area contributed by atoms with E-state index in [9.17, 15) is 0 Å². The Kier molecular flexibility index (Phi) is 5.28. The molecule has 1 rings (SSSR count). The highest BCUT2D eigenvalue weighted by molar-refractivity contribution is 4.94. The summed E-state index contributed by atoms with van der Waals surface area (Å²) in [6.45, 7) is 12.1. The Morgan fingerprint density at radius 1 is 1.39 bits per heavy atom. The lowest BCUT2D eigenvalue weighted by molar-refractivity contribution is 0.146. The molecule has 0 saturated carbocycles. The smallest absolute Gasteiger partial charge is 0.0965 e. The van der Waals surface area contributed by atoms with Crippen LogP contribution >= 0.6 is 0 Å². The highest BCUT2D eigenvalue weighted by Crippen LogP contribution is 2.12. The van der Waals surface area contributed by atoms with Gasteiger partial charge in [-0.05, 0) is 26.7 Å². The summed E-state index contributed by atoms with van der Waals surface area (Å²) in [4.78, 5) is 0. The van der Waals surface area contributed by atoms with Crippen molar-refractivity contribution in [3.63, 3.8) is 0 Å². The van der Waals surface area contributed by atoms with E-state index in [0.29, 0.717) is 18.6 Å². The fourth-order valence-electron chi connectivity index (χ4n) is 1.61. The monoisotopic (exact) mass is 254 g/mol. The zero-order chi connectivity index (χ0) is 13.8. The van der Waals surface area contributed by atoms with E-state index in [1.54, 1.807) is 7.11 Å². The minimum absolute atomic E-state index is 0.0186. The lowest BCUT2D eigenvalue weighted by Crippen LogP contribution is -2.37. The van der Waals surface area contributed by atoms with E-state index in [0.717, 1.165) is 12.2 Å². The first-order valence-corrected chi connectivity index (χ1v) is 6.48. The Labute approximate surface area is 110 Å². The van der Waals surface area contributed by atoms with Gasteiger partial charge in [0.2, 0.25) is 0 Å². The molecule has 0 aromatic carbocycles. The topological polar surface area (TPSA) is 52.0 Å². The Bertz CT molecular complexity index is 354. The van der Waals surface area contributed by atoms with Crippen LogP contribution in [-0.4, -0.2) is 34.8 Å². The highest BCUT2D eigenvalue weighted by atomic mass is 16.5. The second-order valence-corrected chi connectivity index (χ2v) is 6.01. The average molecular weight is 254 g/mol. The zero-order valence-electron chi connectivity index (χ0n) is 12.4. The van der Waals surface area contributed by atoms with E-state index < -0.39 is 0 Å². The third kappa shape index (κ3) is 4.38. The van der Waals surface area contributed by atoms with E-state index in [2.05, 4.69) is 50.2 Å². The van der Waals surface area contributed by atoms with Crippen LogP contribution in [0, 0.1) is 5.92 Å². The molecule has 0 fully saturated rings. The number of nitrogens with one attached hydrogen (secondary N) is 1. The van der Waals surface area contributed by atoms with Crippen molar-refractivity contribution in [1.82, 2.24) is 20.3 Å². The van der Waals surface area contributed by atoms with Crippen molar-refractivity contribution >= 4 is 0 Å². The van der Waals surface area contributed by atoms with Crippen molar-refractivity contribution in [2.24, 2.45) is 5.92 Å². The summed E-state index contributed by atoms with van der Waals surface area (Å²) in [5.41, 5.74) is 0.946. The molecular weight excluding hydrogens is 228 g/mol. The molecule has 0 aliphatic rings. The summed E-state index contributed by atoms with van der Waals surface area (Å²) in [7, 11) is 1.73. The average Bonchev–Trinajstić information content (AvgIpc) is 2.71. The number of aromatic nitrogens is 3. The molecule has 0 saturated heterocycles. The van der Waals surface area contributed by atoms with Crippen molar-refractivity contribution in [3.05, 3.63) is 11.9 Å². The van der Waals surface area contributed by atoms with Crippen LogP contribution in [0.1, 0.15) is 40.3 Å². The molecule has 0 aliphatic carbocycles. The largest absolute Gasteiger partial charge is 0.383 e. The second-order valence-electron chi connectivity index (χ2n) is 6.01. The van der Waals surface area contributed by atoms with Gasteiger partial charge in [-0.25, -0.2) is 4.68 Å². The third-order valence-electron chi connectivity index (χ3n) is 2.92. The summed E-state index contributed by atoms with van der Waals surface area (Å²) < 4.78 is 7.10. The van der Waals surface area contributed by atoms with Crippen LogP contribution in [0.4, 0.5) is 0 Å². The normalized spacial score (nSPS) is 14.2. The maximum Gasteiger partial charge on any atom is 0.0965 e. The maximum absolute atomic E-state index is 5.21. The number of ether oxygens (including phenoxy) is 1. The van der Waals surface area contributed by atoms with Gasteiger partial charge in [-0.3, -0.25) is 0 Å². The van der Waals surface area contributed by atoms with E-state index in [4.69, 9.17) is 4.74 Å². The summed E-state index contributed by atoms with van der Waals surface area (Å²) >= 11 is 0. The van der Waals surface area contributed by atoms with Gasteiger partial charge in [-0.1, -0.05) is 19.1 Å². The van der Waals surface area contributed by atoms with Gasteiger partial charge in [0.1, 0.15) is 0 Å². The lowest BCUT2D eigenvalue weighted by Gasteiger charge is -2.21. The molecule has 5 nitrogen and oxygen atoms in total. The molecule has 0 radical (unpaired) electrons. The number of hydrogen-bond acceptors (Lipinski definition) is 4. The predicted octanol–water partition coefficient (Wildman–Crippen LogP) is 1.79. The van der Waals surface area contributed by atoms with E-state index in [-0.39, 0.29) is 5.54 Å². The molecule has 1 aromatic rings. The molecule has 1 atom stereocenters. The number of rotatable bonds is 6. The zero-order valence-corrected chi connectivity index (χ0v) is 12.4. The molecule has 0 amide bonds. The minimum Gasteiger partial charge on any atom is -0.383 e. The second kappa shape index (κ2) is 6.29. The standard InChI is InChI=1S/C13H26N4O/c1-10(2)12(9-18-6)14-7-11-8-17(16-15-11)13(3,4)5/h8,10,12,14H,7,9H2,1-6H3. The van der Waals surface area contributed by atoms with Crippen LogP contribution in [0.5, 0.6) is 0 Å². The molecule has 104 valence electrons. The van der Waals surface area contributed by atoms with Gasteiger partial charge in [-0.2, -0.15) is 0 Å². The summed E-state index contributed by atoms with van der Waals surface area (Å²) in [5, 5.41) is 11.8. The van der Waals surface area contributed by atoms with E-state index >= 15 is 0 Å². The number of nitrogens with zero attached hydrogens (tertiary/aromatic N) is 3. The number of methoxy groups -OCH3 is 1. The Morgan fingerprint density at radius 2 is 2.06 bits per heavy atom. The van der Waals surface area contributed by atoms with Crippen molar-refractivity contribution < 1.29 is 4.74 Å². The maximum atomic E-state index is 5.21. The fourth-order valence-corrected chi connectivity index (χ4v) is 1.61. The van der Waals surface area contributed by atoms with Gasteiger partial charge in [0.15, 0.2) is 0 Å². The fraction of sp³-hybridized carbons (Fsp3) is 0.846. The summed E-state index contributed by atoms with van der Waals surface area (Å²) in [5.74, 6) is 0.530. The van der Waals surface area contributed by atoms with Gasteiger partial charge < -0.3 is 10.1 Å². The van der Waals surface area contributed by atoms with Crippen molar-refractivity contribution in [3.8, 4) is 0 Å². The first-order chi connectivity index (χ1) is 8.34. The van der Waals surface area contributed by atoms with Crippen LogP contribution in [0.15, 0.2) is 6.20 Å². The summed E-state index contributed by atoms with van der Waals surface area (Å²) in [6, 6.07) is 0.342. The molecule has 1 unspecified atom stereocenters. The van der Waals surface area contributed by atoms with Gasteiger partial charge >= 0.3 is 0 Å². The molecule has 1 heterocycles. The van der Waals surface area contributed by atoms with Gasteiger partial charge in [-0.15, -0.1) is 5.10 Å². The first-order valence-electron chi connectivity index (χ1n) is 6.48. The molecule has 0 spiro atoms. The van der Waals surface area contributed by atoms with Crippen LogP contribution in [0.2, 0.25) is 0 Å². The molecule has 5 heteroatoms. The van der Waals surface area contributed by atoms with Crippen LogP contribution in [-0.2, 0) is 16.8 Å². The first kappa shape index (κ1) is 15.1. The molecule has 0 aliphatic heterocycles. The molecule has 1 N–H and O–H groups in total. The van der Waals surface area contributed by atoms with Crippen molar-refractivity contribution in [2.75, 3.05) is 13.7 Å². The molecular formula is C13H26N4O. The van der Waals surface area contributed by atoms with Gasteiger partial charge in [0.25, 0.3) is 0 Å². The van der Waals surface area contributed by atoms with E-state index in [1.165, 1.54) is 0 Å². The molecule has 0 bridgehead atoms. The quantitative estimate of drug-likeness (QED) is 0.841. The minimum atomic E-state index is -0.0186. The molecule has 1 aromatic heterocycles. The number of hydrogen-bond donors (Lipinski definition) is 1. The molecule has 18 heavy (non-hydrogen) atoms. The van der Waals surface area contributed by atoms with Crippen molar-refractivity contribution in [1.29, 1.82) is 0 Å². The Balaban J connectivity index is 2.55. The lowest BCUT2D eigenvalue weighted by atomic mass is 10.1. The Hall–Kier alpha value is -0.940. The predicted molar refractivity (Wildman–Crippen MR) is 72.4 cm³/mol. The van der Waals surface area contributed by atoms with E-state index in [1.807, 2.05) is 10.9 Å².